The molecule has 0 aliphatic carbocycles. The van der Waals surface area contributed by atoms with E-state index >= 15 is 0 Å². The number of amides is 1. The van der Waals surface area contributed by atoms with Crippen LogP contribution < -0.4 is 0 Å². The molecular weight excluding hydrogens is 345 g/mol. The number of fused-ring (bicyclic) bond motifs is 1. The van der Waals surface area contributed by atoms with Crippen LogP contribution in [0.4, 0.5) is 4.79 Å². The van der Waals surface area contributed by atoms with Gasteiger partial charge in [-0.25, -0.2) is 0 Å². The van der Waals surface area contributed by atoms with E-state index in [9.17, 15) is 4.79 Å². The zero-order chi connectivity index (χ0) is 14.6. The molecule has 2 rings (SSSR count). The van der Waals surface area contributed by atoms with E-state index < -0.39 is 18.4 Å². The number of hydrogen-bond donors (Lipinski definition) is 0. The van der Waals surface area contributed by atoms with Crippen molar-refractivity contribution in [1.82, 2.24) is 4.90 Å². The number of cyclic esters (lactones) is 1. The molecule has 2 aliphatic rings. The van der Waals surface area contributed by atoms with Crippen LogP contribution in [0.3, 0.4) is 0 Å². The van der Waals surface area contributed by atoms with Crippen LogP contribution >= 0.6 is 0 Å². The summed E-state index contributed by atoms with van der Waals surface area (Å²) in [6.07, 6.45) is 2.28. The molecule has 2 heterocycles. The van der Waals surface area contributed by atoms with E-state index in [2.05, 4.69) is 47.4 Å². The molecule has 0 spiro atoms. The molecule has 0 aromatic carbocycles. The Labute approximate surface area is 121 Å². The Morgan fingerprint density at radius 1 is 1.16 bits per heavy atom. The summed E-state index contributed by atoms with van der Waals surface area (Å²) >= 11 is -2.12. The third-order valence-corrected chi connectivity index (χ3v) is 12.5. The van der Waals surface area contributed by atoms with Gasteiger partial charge in [0, 0.05) is 0 Å². The van der Waals surface area contributed by atoms with E-state index in [1.54, 1.807) is 0 Å². The molecule has 2 aliphatic heterocycles. The van der Waals surface area contributed by atoms with E-state index in [0.717, 1.165) is 6.42 Å². The van der Waals surface area contributed by atoms with Gasteiger partial charge < -0.3 is 0 Å². The van der Waals surface area contributed by atoms with Crippen LogP contribution in [0, 0.1) is 11.8 Å². The number of rotatable bonds is 3. The first kappa shape index (κ1) is 15.5. The Hall–Kier alpha value is 0.0687. The topological polar surface area (TPSA) is 29.5 Å². The van der Waals surface area contributed by atoms with Gasteiger partial charge in [0.15, 0.2) is 0 Å². The van der Waals surface area contributed by atoms with Crippen LogP contribution in [0.2, 0.25) is 14.8 Å². The van der Waals surface area contributed by atoms with Gasteiger partial charge in [0.1, 0.15) is 0 Å². The average Bonchev–Trinajstić information content (AvgIpc) is 2.77. The fourth-order valence-corrected chi connectivity index (χ4v) is 10.4. The van der Waals surface area contributed by atoms with Crippen molar-refractivity contribution < 1.29 is 9.53 Å². The quantitative estimate of drug-likeness (QED) is 0.702. The van der Waals surface area contributed by atoms with Crippen LogP contribution in [-0.2, 0) is 4.74 Å². The van der Waals surface area contributed by atoms with Gasteiger partial charge in [0.05, 0.1) is 0 Å². The number of carbonyl (C=O) groups is 1. The molecular formula is C15H29NO2Sn. The molecule has 2 atom stereocenters. The van der Waals surface area contributed by atoms with Gasteiger partial charge in [-0.15, -0.1) is 0 Å². The molecule has 0 radical (unpaired) electrons. The van der Waals surface area contributed by atoms with Crippen molar-refractivity contribution in [2.75, 3.05) is 0 Å². The average molecular weight is 374 g/mol. The summed E-state index contributed by atoms with van der Waals surface area (Å²) in [5.74, 6) is 0.751. The first-order chi connectivity index (χ1) is 8.62. The van der Waals surface area contributed by atoms with Gasteiger partial charge in [-0.2, -0.15) is 0 Å². The third kappa shape index (κ3) is 2.20. The number of nitrogens with zero attached hydrogens (tertiary/aromatic N) is 1. The molecule has 0 bridgehead atoms. The van der Waals surface area contributed by atoms with Gasteiger partial charge in [0.2, 0.25) is 0 Å². The summed E-state index contributed by atoms with van der Waals surface area (Å²) in [7, 11) is 0. The Kier molecular flexibility index (Phi) is 3.92. The molecule has 0 N–H and O–H groups in total. The van der Waals surface area contributed by atoms with E-state index in [1.165, 1.54) is 6.42 Å². The third-order valence-electron chi connectivity index (χ3n) is 5.19. The maximum absolute atomic E-state index is 12.5. The van der Waals surface area contributed by atoms with Crippen molar-refractivity contribution in [1.29, 1.82) is 0 Å². The number of hydrogen-bond acceptors (Lipinski definition) is 2. The Morgan fingerprint density at radius 3 is 2.11 bits per heavy atom. The fraction of sp³-hybridized carbons (Fsp3) is 0.933. The van der Waals surface area contributed by atoms with Gasteiger partial charge in [-0.05, 0) is 0 Å². The summed E-state index contributed by atoms with van der Waals surface area (Å²) in [6, 6.07) is 0.306. The van der Waals surface area contributed by atoms with Crippen molar-refractivity contribution in [3.63, 3.8) is 0 Å². The first-order valence-electron chi connectivity index (χ1n) is 7.63. The zero-order valence-corrected chi connectivity index (χ0v) is 16.3. The molecule has 0 saturated carbocycles. The van der Waals surface area contributed by atoms with Crippen LogP contribution in [-0.4, -0.2) is 45.1 Å². The van der Waals surface area contributed by atoms with E-state index in [4.69, 9.17) is 4.74 Å². The molecule has 1 amide bonds. The van der Waals surface area contributed by atoms with Gasteiger partial charge >= 0.3 is 122 Å². The summed E-state index contributed by atoms with van der Waals surface area (Å²) in [6.45, 7) is 8.80. The Balaban J connectivity index is 2.39. The van der Waals surface area contributed by atoms with Crippen LogP contribution in [0.5, 0.6) is 0 Å². The van der Waals surface area contributed by atoms with Crippen molar-refractivity contribution in [2.24, 2.45) is 11.8 Å². The summed E-state index contributed by atoms with van der Waals surface area (Å²) < 4.78 is 6.50. The van der Waals surface area contributed by atoms with Crippen LogP contribution in [0.15, 0.2) is 0 Å². The second kappa shape index (κ2) is 4.81. The molecule has 19 heavy (non-hydrogen) atoms. The minimum atomic E-state index is -2.12. The van der Waals surface area contributed by atoms with Crippen molar-refractivity contribution in [3.05, 3.63) is 0 Å². The molecule has 110 valence electrons. The van der Waals surface area contributed by atoms with Crippen LogP contribution in [0.1, 0.15) is 40.5 Å². The number of ether oxygens (including phenoxy) is 1. The molecule has 0 aromatic heterocycles. The second-order valence-corrected chi connectivity index (χ2v) is 23.3. The number of carbonyl (C=O) groups excluding carboxylic acids is 1. The normalized spacial score (nSPS) is 30.2. The standard InChI is InChI=1S/C12H20NO2.3CH3.Sn/c1-8(2)12(9(3)4)10-6-5-7-13(10)11(14)15-12;;;;/h7-10H,5-6H2,1-4H3;3*1H3;/t10-;;;;/m0..../s1. The second-order valence-electron chi connectivity index (χ2n) is 7.91. The predicted molar refractivity (Wildman–Crippen MR) is 80.9 cm³/mol. The molecule has 2 saturated heterocycles. The van der Waals surface area contributed by atoms with Crippen molar-refractivity contribution >= 4 is 24.5 Å². The van der Waals surface area contributed by atoms with Gasteiger partial charge in [0.25, 0.3) is 0 Å². The summed E-state index contributed by atoms with van der Waals surface area (Å²) in [5, 5.41) is 0. The van der Waals surface area contributed by atoms with E-state index in [-0.39, 0.29) is 11.7 Å². The fourth-order valence-electron chi connectivity index (χ4n) is 4.30. The van der Waals surface area contributed by atoms with Crippen molar-refractivity contribution in [3.8, 4) is 0 Å². The molecule has 3 nitrogen and oxygen atoms in total. The van der Waals surface area contributed by atoms with Crippen molar-refractivity contribution in [2.45, 2.75) is 71.1 Å². The Morgan fingerprint density at radius 2 is 1.68 bits per heavy atom. The van der Waals surface area contributed by atoms with Crippen LogP contribution in [0.25, 0.3) is 0 Å². The molecule has 0 aromatic rings. The summed E-state index contributed by atoms with van der Waals surface area (Å²) in [5.41, 5.74) is -0.275. The summed E-state index contributed by atoms with van der Waals surface area (Å²) in [4.78, 5) is 21.9. The van der Waals surface area contributed by atoms with Gasteiger partial charge in [-0.3, -0.25) is 0 Å². The molecule has 0 unspecified atom stereocenters. The molecule has 2 fully saturated rings. The van der Waals surface area contributed by atoms with E-state index in [1.807, 2.05) is 0 Å². The minimum absolute atomic E-state index is 0.0403. The van der Waals surface area contributed by atoms with E-state index in [0.29, 0.717) is 21.9 Å². The first-order valence-corrected chi connectivity index (χ1v) is 17.8. The maximum atomic E-state index is 12.5. The zero-order valence-electron chi connectivity index (χ0n) is 13.5. The SMILES string of the molecule is CC(C)C1(C(C)C)OC(=O)N2[C@H]1CC[C@@H]2[Sn]([CH3])([CH3])[CH3]. The Bertz CT molecular complexity index is 365. The molecule has 4 heteroatoms. The monoisotopic (exact) mass is 375 g/mol. The predicted octanol–water partition coefficient (Wildman–Crippen LogP) is 3.90. The van der Waals surface area contributed by atoms with Gasteiger partial charge in [-0.1, -0.05) is 0 Å².